The van der Waals surface area contributed by atoms with Gasteiger partial charge in [-0.1, -0.05) is 60.7 Å². The number of carbonyl (C=O) groups is 2. The van der Waals surface area contributed by atoms with Gasteiger partial charge in [0.25, 0.3) is 0 Å². The molecule has 3 rings (SSSR count). The Kier molecular flexibility index (Phi) is 5.33. The third kappa shape index (κ3) is 4.18. The van der Waals surface area contributed by atoms with Crippen LogP contribution in [0.25, 0.3) is 0 Å². The van der Waals surface area contributed by atoms with Crippen molar-refractivity contribution in [3.05, 3.63) is 71.8 Å². The molecule has 1 aliphatic rings. The smallest absolute Gasteiger partial charge is 0.410 e. The van der Waals surface area contributed by atoms with Gasteiger partial charge in [0.05, 0.1) is 12.0 Å². The number of carboxylic acids is 1. The molecule has 1 saturated heterocycles. The van der Waals surface area contributed by atoms with E-state index in [1.165, 1.54) is 0 Å². The van der Waals surface area contributed by atoms with Crippen LogP contribution in [0.1, 0.15) is 30.0 Å². The molecule has 1 N–H and O–H groups in total. The summed E-state index contributed by atoms with van der Waals surface area (Å²) in [6, 6.07) is 18.8. The molecule has 1 fully saturated rings. The van der Waals surface area contributed by atoms with Gasteiger partial charge >= 0.3 is 12.1 Å². The number of rotatable bonds is 4. The molecule has 1 heterocycles. The third-order valence-electron chi connectivity index (χ3n) is 4.58. The Morgan fingerprint density at radius 3 is 2.32 bits per heavy atom. The molecule has 0 spiro atoms. The van der Waals surface area contributed by atoms with Gasteiger partial charge in [0.1, 0.15) is 6.61 Å². The number of carboxylic acid groups (broad SMARTS) is 1. The number of amides is 1. The van der Waals surface area contributed by atoms with E-state index in [4.69, 9.17) is 4.74 Å². The zero-order chi connectivity index (χ0) is 17.6. The van der Waals surface area contributed by atoms with E-state index in [9.17, 15) is 14.7 Å². The summed E-state index contributed by atoms with van der Waals surface area (Å²) >= 11 is 0. The number of likely N-dealkylation sites (tertiary alicyclic amines) is 1. The minimum Gasteiger partial charge on any atom is -0.481 e. The van der Waals surface area contributed by atoms with E-state index in [0.29, 0.717) is 19.4 Å². The minimum absolute atomic E-state index is 0.208. The lowest BCUT2D eigenvalue weighted by atomic mass is 9.87. The molecule has 1 aliphatic heterocycles. The molecule has 130 valence electrons. The fraction of sp³-hybridized carbons (Fsp3) is 0.300. The number of carbonyl (C=O) groups excluding carboxylic acids is 1. The summed E-state index contributed by atoms with van der Waals surface area (Å²) < 4.78 is 5.45. The van der Waals surface area contributed by atoms with Crippen LogP contribution in [-0.2, 0) is 16.1 Å². The van der Waals surface area contributed by atoms with Gasteiger partial charge in [-0.15, -0.1) is 0 Å². The fourth-order valence-corrected chi connectivity index (χ4v) is 3.20. The first kappa shape index (κ1) is 17.0. The molecular weight excluding hydrogens is 318 g/mol. The molecule has 5 heteroatoms. The van der Waals surface area contributed by atoms with E-state index in [2.05, 4.69) is 0 Å². The Labute approximate surface area is 146 Å². The summed E-state index contributed by atoms with van der Waals surface area (Å²) in [6.07, 6.45) is 0.445. The van der Waals surface area contributed by atoms with Crippen LogP contribution in [0.4, 0.5) is 4.79 Å². The largest absolute Gasteiger partial charge is 0.481 e. The maximum absolute atomic E-state index is 12.6. The van der Waals surface area contributed by atoms with Crippen LogP contribution in [0.15, 0.2) is 60.7 Å². The van der Waals surface area contributed by atoms with E-state index < -0.39 is 18.0 Å². The zero-order valence-corrected chi connectivity index (χ0v) is 13.9. The molecule has 2 aromatic rings. The lowest BCUT2D eigenvalue weighted by Gasteiger charge is -2.37. The summed E-state index contributed by atoms with van der Waals surface area (Å²) in [7, 11) is 0. The van der Waals surface area contributed by atoms with Crippen LogP contribution in [0.3, 0.4) is 0 Å². The lowest BCUT2D eigenvalue weighted by molar-refractivity contribution is -0.144. The first-order valence-electron chi connectivity index (χ1n) is 8.40. The summed E-state index contributed by atoms with van der Waals surface area (Å²) in [6.45, 7) is 0.587. The van der Waals surface area contributed by atoms with Gasteiger partial charge in [-0.3, -0.25) is 4.79 Å². The molecule has 0 radical (unpaired) electrons. The minimum atomic E-state index is -0.807. The summed E-state index contributed by atoms with van der Waals surface area (Å²) in [4.78, 5) is 25.6. The standard InChI is InChI=1S/C20H21NO4/c22-19(23)17-11-12-21(18(13-17)16-9-5-2-6-10-16)20(24)25-14-15-7-3-1-4-8-15/h1-10,17-18H,11-14H2,(H,22,23). The molecule has 0 aliphatic carbocycles. The van der Waals surface area contributed by atoms with Gasteiger partial charge in [0.15, 0.2) is 0 Å². The Balaban J connectivity index is 1.73. The van der Waals surface area contributed by atoms with Crippen molar-refractivity contribution in [1.82, 2.24) is 4.90 Å². The second-order valence-electron chi connectivity index (χ2n) is 6.22. The normalized spacial score (nSPS) is 20.1. The highest BCUT2D eigenvalue weighted by molar-refractivity contribution is 5.72. The van der Waals surface area contributed by atoms with Crippen molar-refractivity contribution in [1.29, 1.82) is 0 Å². The molecule has 2 atom stereocenters. The Bertz CT molecular complexity index is 717. The van der Waals surface area contributed by atoms with Crippen LogP contribution >= 0.6 is 0 Å². The average molecular weight is 339 g/mol. The predicted molar refractivity (Wildman–Crippen MR) is 92.9 cm³/mol. The van der Waals surface area contributed by atoms with E-state index in [1.807, 2.05) is 60.7 Å². The number of piperidine rings is 1. The van der Waals surface area contributed by atoms with Crippen LogP contribution in [0, 0.1) is 5.92 Å². The number of aliphatic carboxylic acids is 1. The first-order valence-corrected chi connectivity index (χ1v) is 8.40. The van der Waals surface area contributed by atoms with Crippen molar-refractivity contribution in [3.63, 3.8) is 0 Å². The van der Waals surface area contributed by atoms with Crippen LogP contribution in [0.5, 0.6) is 0 Å². The second kappa shape index (κ2) is 7.83. The third-order valence-corrected chi connectivity index (χ3v) is 4.58. The van der Waals surface area contributed by atoms with Gasteiger partial charge in [-0.05, 0) is 24.0 Å². The molecule has 0 saturated carbocycles. The summed E-state index contributed by atoms with van der Waals surface area (Å²) in [5.74, 6) is -1.25. The van der Waals surface area contributed by atoms with Crippen LogP contribution in [-0.4, -0.2) is 28.6 Å². The number of benzene rings is 2. The van der Waals surface area contributed by atoms with E-state index in [1.54, 1.807) is 4.90 Å². The maximum Gasteiger partial charge on any atom is 0.410 e. The van der Waals surface area contributed by atoms with Gasteiger partial charge in [0.2, 0.25) is 0 Å². The molecule has 25 heavy (non-hydrogen) atoms. The second-order valence-corrected chi connectivity index (χ2v) is 6.22. The van der Waals surface area contributed by atoms with E-state index >= 15 is 0 Å². The number of hydrogen-bond acceptors (Lipinski definition) is 3. The van der Waals surface area contributed by atoms with Crippen LogP contribution in [0.2, 0.25) is 0 Å². The van der Waals surface area contributed by atoms with Gasteiger partial charge in [0, 0.05) is 6.54 Å². The summed E-state index contributed by atoms with van der Waals surface area (Å²) in [5.41, 5.74) is 1.86. The monoisotopic (exact) mass is 339 g/mol. The number of nitrogens with zero attached hydrogens (tertiary/aromatic N) is 1. The molecular formula is C20H21NO4. The van der Waals surface area contributed by atoms with Gasteiger partial charge in [-0.25, -0.2) is 4.79 Å². The van der Waals surface area contributed by atoms with Crippen molar-refractivity contribution in [2.24, 2.45) is 5.92 Å². The van der Waals surface area contributed by atoms with Crippen molar-refractivity contribution in [2.75, 3.05) is 6.54 Å². The molecule has 2 unspecified atom stereocenters. The van der Waals surface area contributed by atoms with Crippen molar-refractivity contribution < 1.29 is 19.4 Å². The molecule has 1 amide bonds. The molecule has 2 aromatic carbocycles. The molecule has 0 aromatic heterocycles. The molecule has 0 bridgehead atoms. The highest BCUT2D eigenvalue weighted by Gasteiger charge is 2.36. The maximum atomic E-state index is 12.6. The Hall–Kier alpha value is -2.82. The van der Waals surface area contributed by atoms with Crippen molar-refractivity contribution >= 4 is 12.1 Å². The van der Waals surface area contributed by atoms with E-state index in [0.717, 1.165) is 11.1 Å². The van der Waals surface area contributed by atoms with Gasteiger partial charge < -0.3 is 14.7 Å². The summed E-state index contributed by atoms with van der Waals surface area (Å²) in [5, 5.41) is 9.35. The number of hydrogen-bond donors (Lipinski definition) is 1. The Morgan fingerprint density at radius 1 is 1.04 bits per heavy atom. The van der Waals surface area contributed by atoms with Crippen molar-refractivity contribution in [3.8, 4) is 0 Å². The quantitative estimate of drug-likeness (QED) is 0.918. The Morgan fingerprint density at radius 2 is 1.68 bits per heavy atom. The number of ether oxygens (including phenoxy) is 1. The predicted octanol–water partition coefficient (Wildman–Crippen LogP) is 3.86. The van der Waals surface area contributed by atoms with Gasteiger partial charge in [-0.2, -0.15) is 0 Å². The topological polar surface area (TPSA) is 66.8 Å². The van der Waals surface area contributed by atoms with E-state index in [-0.39, 0.29) is 12.6 Å². The van der Waals surface area contributed by atoms with Crippen molar-refractivity contribution in [2.45, 2.75) is 25.5 Å². The zero-order valence-electron chi connectivity index (χ0n) is 13.9. The highest BCUT2D eigenvalue weighted by atomic mass is 16.6. The SMILES string of the molecule is O=C(O)C1CCN(C(=O)OCc2ccccc2)C(c2ccccc2)C1. The first-order chi connectivity index (χ1) is 12.1. The highest BCUT2D eigenvalue weighted by Crippen LogP contribution is 2.34. The molecule has 5 nitrogen and oxygen atoms in total. The fourth-order valence-electron chi connectivity index (χ4n) is 3.20. The average Bonchev–Trinajstić information content (AvgIpc) is 2.67. The van der Waals surface area contributed by atoms with Crippen LogP contribution < -0.4 is 0 Å². The lowest BCUT2D eigenvalue weighted by Crippen LogP contribution is -2.42.